The predicted molar refractivity (Wildman–Crippen MR) is 75.3 cm³/mol. The van der Waals surface area contributed by atoms with Crippen LogP contribution in [-0.4, -0.2) is 16.2 Å². The van der Waals surface area contributed by atoms with Crippen LogP contribution in [0.25, 0.3) is 0 Å². The second-order valence-corrected chi connectivity index (χ2v) is 5.76. The Balaban J connectivity index is 2.57. The number of benzene rings is 2. The molecule has 0 spiro atoms. The Morgan fingerprint density at radius 1 is 1.14 bits per heavy atom. The van der Waals surface area contributed by atoms with Crippen LogP contribution in [-0.2, 0) is 5.38 Å². The lowest BCUT2D eigenvalue weighted by molar-refractivity contribution is 0.0689. The Morgan fingerprint density at radius 2 is 1.73 bits per heavy atom. The zero-order valence-electron chi connectivity index (χ0n) is 10.7. The summed E-state index contributed by atoms with van der Waals surface area (Å²) in [7, 11) is 0. The summed E-state index contributed by atoms with van der Waals surface area (Å²) in [5, 5.41) is 15.1. The van der Waals surface area contributed by atoms with E-state index in [9.17, 15) is 23.1 Å². The molecule has 0 aliphatic rings. The molecule has 0 saturated heterocycles. The molecule has 3 nitrogen and oxygen atoms in total. The summed E-state index contributed by atoms with van der Waals surface area (Å²) >= 11 is 5.66. The third-order valence-electron chi connectivity index (χ3n) is 2.70. The van der Waals surface area contributed by atoms with Crippen molar-refractivity contribution < 1.29 is 28.2 Å². The van der Waals surface area contributed by atoms with E-state index < -0.39 is 38.9 Å². The minimum atomic E-state index is -3.79. The minimum absolute atomic E-state index is 0.335. The van der Waals surface area contributed by atoms with Crippen molar-refractivity contribution in [3.63, 3.8) is 0 Å². The molecule has 2 aromatic carbocycles. The normalized spacial score (nSPS) is 11.5. The molecule has 0 heterocycles. The highest BCUT2D eigenvalue weighted by Gasteiger charge is 2.34. The lowest BCUT2D eigenvalue weighted by atomic mass is 10.1. The maximum absolute atomic E-state index is 13.4. The zero-order valence-corrected chi connectivity index (χ0v) is 12.3. The average Bonchev–Trinajstić information content (AvgIpc) is 2.41. The topological polar surface area (TPSA) is 57.5 Å². The van der Waals surface area contributed by atoms with E-state index in [0.29, 0.717) is 16.7 Å². The van der Waals surface area contributed by atoms with E-state index in [-0.39, 0.29) is 0 Å². The fourth-order valence-electron chi connectivity index (χ4n) is 1.69. The summed E-state index contributed by atoms with van der Waals surface area (Å²) < 4.78 is 39.7. The maximum Gasteiger partial charge on any atom is 0.349 e. The van der Waals surface area contributed by atoms with Crippen molar-refractivity contribution in [3.8, 4) is 5.75 Å². The number of rotatable bonds is 4. The van der Waals surface area contributed by atoms with E-state index >= 15 is 0 Å². The first-order chi connectivity index (χ1) is 10.2. The molecule has 0 aliphatic carbocycles. The standard InChI is InChI=1S/C14H8ClF3O3S/c15-14(17,18)10-6-5-9(13(20)21)11(19)12(10)22-8-3-1-7(16)2-4-8/h1-6,19H,(H,20,21). The molecule has 22 heavy (non-hydrogen) atoms. The van der Waals surface area contributed by atoms with Gasteiger partial charge in [-0.15, -0.1) is 0 Å². The Kier molecular flexibility index (Phi) is 4.58. The van der Waals surface area contributed by atoms with E-state index in [0.717, 1.165) is 24.3 Å². The number of carboxylic acids is 1. The van der Waals surface area contributed by atoms with Crippen LogP contribution in [0.3, 0.4) is 0 Å². The molecule has 0 aromatic heterocycles. The van der Waals surface area contributed by atoms with Gasteiger partial charge in [0.1, 0.15) is 17.1 Å². The molecule has 0 unspecified atom stereocenters. The highest BCUT2D eigenvalue weighted by atomic mass is 35.5. The van der Waals surface area contributed by atoms with Crippen LogP contribution >= 0.6 is 23.4 Å². The first kappa shape index (κ1) is 16.5. The van der Waals surface area contributed by atoms with E-state index in [2.05, 4.69) is 0 Å². The Bertz CT molecular complexity index is 715. The maximum atomic E-state index is 13.4. The Labute approximate surface area is 132 Å². The summed E-state index contributed by atoms with van der Waals surface area (Å²) in [6.07, 6.45) is 0. The molecule has 0 amide bonds. The zero-order chi connectivity index (χ0) is 16.5. The average molecular weight is 349 g/mol. The van der Waals surface area contributed by atoms with Gasteiger partial charge in [-0.25, -0.2) is 9.18 Å². The van der Waals surface area contributed by atoms with Crippen LogP contribution in [0.1, 0.15) is 15.9 Å². The van der Waals surface area contributed by atoms with Gasteiger partial charge in [-0.3, -0.25) is 0 Å². The quantitative estimate of drug-likeness (QED) is 0.788. The molecule has 0 fully saturated rings. The number of carbonyl (C=O) groups is 1. The molecule has 2 N–H and O–H groups in total. The molecule has 2 rings (SSSR count). The van der Waals surface area contributed by atoms with Gasteiger partial charge < -0.3 is 10.2 Å². The van der Waals surface area contributed by atoms with Crippen molar-refractivity contribution in [2.75, 3.05) is 0 Å². The Morgan fingerprint density at radius 3 is 2.23 bits per heavy atom. The van der Waals surface area contributed by atoms with Crippen molar-refractivity contribution in [3.05, 3.63) is 53.3 Å². The minimum Gasteiger partial charge on any atom is -0.506 e. The van der Waals surface area contributed by atoms with Gasteiger partial charge in [-0.2, -0.15) is 8.78 Å². The van der Waals surface area contributed by atoms with Gasteiger partial charge in [0.05, 0.1) is 10.5 Å². The largest absolute Gasteiger partial charge is 0.506 e. The van der Waals surface area contributed by atoms with Crippen molar-refractivity contribution in [1.29, 1.82) is 0 Å². The van der Waals surface area contributed by atoms with Crippen molar-refractivity contribution in [1.82, 2.24) is 0 Å². The number of phenols is 1. The fraction of sp³-hybridized carbons (Fsp3) is 0.0714. The van der Waals surface area contributed by atoms with Gasteiger partial charge >= 0.3 is 11.4 Å². The van der Waals surface area contributed by atoms with Crippen LogP contribution in [0.4, 0.5) is 13.2 Å². The molecule has 8 heteroatoms. The number of halogens is 4. The van der Waals surface area contributed by atoms with Gasteiger partial charge in [0, 0.05) is 4.90 Å². The first-order valence-corrected chi connectivity index (χ1v) is 6.99. The van der Waals surface area contributed by atoms with Gasteiger partial charge in [-0.05, 0) is 48.0 Å². The fourth-order valence-corrected chi connectivity index (χ4v) is 2.92. The third-order valence-corrected chi connectivity index (χ3v) is 4.03. The molecule has 0 radical (unpaired) electrons. The first-order valence-electron chi connectivity index (χ1n) is 5.80. The molecular formula is C14H8ClF3O3S. The molecule has 116 valence electrons. The summed E-state index contributed by atoms with van der Waals surface area (Å²) in [6.45, 7) is 0. The summed E-state index contributed by atoms with van der Waals surface area (Å²) in [5.41, 5.74) is -1.26. The lowest BCUT2D eigenvalue weighted by Crippen LogP contribution is -2.08. The van der Waals surface area contributed by atoms with Crippen LogP contribution in [0.5, 0.6) is 5.75 Å². The van der Waals surface area contributed by atoms with Crippen molar-refractivity contribution >= 4 is 29.3 Å². The number of aromatic carboxylic acids is 1. The summed E-state index contributed by atoms with van der Waals surface area (Å²) in [5.74, 6) is -2.81. The predicted octanol–water partition coefficient (Wildman–Crippen LogP) is 4.67. The molecule has 0 aliphatic heterocycles. The van der Waals surface area contributed by atoms with Crippen LogP contribution in [0.15, 0.2) is 46.2 Å². The Hall–Kier alpha value is -1.86. The van der Waals surface area contributed by atoms with Crippen molar-refractivity contribution in [2.24, 2.45) is 0 Å². The van der Waals surface area contributed by atoms with E-state index in [4.69, 9.17) is 16.7 Å². The van der Waals surface area contributed by atoms with Crippen LogP contribution in [0.2, 0.25) is 0 Å². The van der Waals surface area contributed by atoms with Gasteiger partial charge in [-0.1, -0.05) is 11.8 Å². The molecule has 0 bridgehead atoms. The van der Waals surface area contributed by atoms with Crippen LogP contribution < -0.4 is 0 Å². The molecule has 0 saturated carbocycles. The lowest BCUT2D eigenvalue weighted by Gasteiger charge is -2.16. The molecule has 0 atom stereocenters. The number of hydrogen-bond donors (Lipinski definition) is 2. The summed E-state index contributed by atoms with van der Waals surface area (Å²) in [4.78, 5) is 10.9. The third kappa shape index (κ3) is 3.48. The van der Waals surface area contributed by atoms with Crippen LogP contribution in [0, 0.1) is 5.82 Å². The number of aromatic hydroxyl groups is 1. The van der Waals surface area contributed by atoms with Crippen molar-refractivity contribution in [2.45, 2.75) is 15.2 Å². The molecular weight excluding hydrogens is 341 g/mol. The monoisotopic (exact) mass is 348 g/mol. The molecule has 2 aromatic rings. The SMILES string of the molecule is O=C(O)c1ccc(C(F)(F)Cl)c(Sc2ccc(F)cc2)c1O. The number of carboxylic acid groups (broad SMARTS) is 1. The second-order valence-electron chi connectivity index (χ2n) is 4.20. The van der Waals surface area contributed by atoms with E-state index in [1.54, 1.807) is 0 Å². The van der Waals surface area contributed by atoms with Gasteiger partial charge in [0.25, 0.3) is 0 Å². The number of alkyl halides is 3. The number of hydrogen-bond acceptors (Lipinski definition) is 3. The van der Waals surface area contributed by atoms with E-state index in [1.165, 1.54) is 12.1 Å². The highest BCUT2D eigenvalue weighted by molar-refractivity contribution is 7.99. The van der Waals surface area contributed by atoms with Gasteiger partial charge in [0.15, 0.2) is 0 Å². The van der Waals surface area contributed by atoms with E-state index in [1.807, 2.05) is 0 Å². The van der Waals surface area contributed by atoms with Gasteiger partial charge in [0.2, 0.25) is 0 Å². The second kappa shape index (κ2) is 6.10. The highest BCUT2D eigenvalue weighted by Crippen LogP contribution is 2.46. The smallest absolute Gasteiger partial charge is 0.349 e. The summed E-state index contributed by atoms with van der Waals surface area (Å²) in [6, 6.07) is 6.52.